The van der Waals surface area contributed by atoms with E-state index >= 15 is 0 Å². The minimum Gasteiger partial charge on any atom is -0.342 e. The fraction of sp³-hybridized carbons (Fsp3) is 0.800. The van der Waals surface area contributed by atoms with E-state index in [2.05, 4.69) is 33.8 Å². The number of carbonyl (C=O) groups is 1. The topological polar surface area (TPSA) is 80.3 Å². The van der Waals surface area contributed by atoms with Crippen molar-refractivity contribution in [2.45, 2.75) is 44.2 Å². The van der Waals surface area contributed by atoms with Gasteiger partial charge in [-0.1, -0.05) is 0 Å². The highest BCUT2D eigenvalue weighted by Gasteiger charge is 2.34. The quantitative estimate of drug-likeness (QED) is 0.848. The summed E-state index contributed by atoms with van der Waals surface area (Å²) >= 11 is 0. The number of amides is 1. The standard InChI is InChI=1S/C15H26N6O/c1-19(2)10-13-17-18-15(21(13)12-3-4-12)11-5-7-20(8-6-11)14(22)9-16/h11-12H,3-10,16H2,1-2H3. The molecule has 1 amide bonds. The molecule has 1 aliphatic heterocycles. The van der Waals surface area contributed by atoms with Crippen molar-refractivity contribution in [3.8, 4) is 0 Å². The van der Waals surface area contributed by atoms with Crippen LogP contribution in [0.4, 0.5) is 0 Å². The summed E-state index contributed by atoms with van der Waals surface area (Å²) in [6, 6.07) is 0.587. The average molecular weight is 306 g/mol. The third-order valence-electron chi connectivity index (χ3n) is 4.55. The number of nitrogens with two attached hydrogens (primary N) is 1. The number of piperidine rings is 1. The molecule has 0 bridgehead atoms. The highest BCUT2D eigenvalue weighted by molar-refractivity contribution is 5.78. The fourth-order valence-electron chi connectivity index (χ4n) is 3.25. The van der Waals surface area contributed by atoms with Gasteiger partial charge in [-0.15, -0.1) is 10.2 Å². The van der Waals surface area contributed by atoms with Crippen LogP contribution in [-0.4, -0.2) is 64.2 Å². The molecule has 7 nitrogen and oxygen atoms in total. The molecule has 0 unspecified atom stereocenters. The SMILES string of the molecule is CN(C)Cc1nnc(C2CCN(C(=O)CN)CC2)n1C1CC1. The van der Waals surface area contributed by atoms with Crippen LogP contribution >= 0.6 is 0 Å². The predicted octanol–water partition coefficient (Wildman–Crippen LogP) is 0.339. The maximum Gasteiger partial charge on any atom is 0.236 e. The molecule has 1 aromatic heterocycles. The van der Waals surface area contributed by atoms with Gasteiger partial charge in [0.2, 0.25) is 5.91 Å². The van der Waals surface area contributed by atoms with Crippen molar-refractivity contribution in [1.82, 2.24) is 24.6 Å². The Hall–Kier alpha value is -1.47. The lowest BCUT2D eigenvalue weighted by Gasteiger charge is -2.31. The Morgan fingerprint density at radius 1 is 1.23 bits per heavy atom. The molecule has 7 heteroatoms. The monoisotopic (exact) mass is 306 g/mol. The van der Waals surface area contributed by atoms with Crippen molar-refractivity contribution in [3.63, 3.8) is 0 Å². The second kappa shape index (κ2) is 6.34. The molecule has 1 aromatic rings. The number of hydrogen-bond donors (Lipinski definition) is 1. The van der Waals surface area contributed by atoms with Crippen LogP contribution in [0, 0.1) is 0 Å². The van der Waals surface area contributed by atoms with Crippen molar-refractivity contribution in [2.75, 3.05) is 33.7 Å². The summed E-state index contributed by atoms with van der Waals surface area (Å²) in [5.74, 6) is 2.66. The molecule has 0 atom stereocenters. The van der Waals surface area contributed by atoms with Gasteiger partial charge >= 0.3 is 0 Å². The molecule has 3 rings (SSSR count). The van der Waals surface area contributed by atoms with E-state index in [0.717, 1.165) is 44.1 Å². The molecule has 0 radical (unpaired) electrons. The van der Waals surface area contributed by atoms with Crippen LogP contribution in [0.15, 0.2) is 0 Å². The average Bonchev–Trinajstić information content (AvgIpc) is 3.27. The first-order chi connectivity index (χ1) is 10.6. The minimum absolute atomic E-state index is 0.0513. The maximum absolute atomic E-state index is 11.7. The second-order valence-electron chi connectivity index (χ2n) is 6.67. The van der Waals surface area contributed by atoms with Crippen molar-refractivity contribution in [2.24, 2.45) is 5.73 Å². The van der Waals surface area contributed by atoms with Gasteiger partial charge in [0.25, 0.3) is 0 Å². The van der Waals surface area contributed by atoms with Crippen LogP contribution in [0.1, 0.15) is 49.3 Å². The molecule has 1 aliphatic carbocycles. The van der Waals surface area contributed by atoms with Gasteiger partial charge in [0.1, 0.15) is 11.6 Å². The lowest BCUT2D eigenvalue weighted by atomic mass is 9.95. The highest BCUT2D eigenvalue weighted by Crippen LogP contribution is 2.39. The molecule has 22 heavy (non-hydrogen) atoms. The summed E-state index contributed by atoms with van der Waals surface area (Å²) in [5, 5.41) is 8.94. The van der Waals surface area contributed by atoms with Crippen LogP contribution in [0.3, 0.4) is 0 Å². The number of rotatable bonds is 5. The smallest absolute Gasteiger partial charge is 0.236 e. The summed E-state index contributed by atoms with van der Waals surface area (Å²) < 4.78 is 2.37. The predicted molar refractivity (Wildman–Crippen MR) is 83.3 cm³/mol. The van der Waals surface area contributed by atoms with Crippen molar-refractivity contribution in [3.05, 3.63) is 11.6 Å². The number of nitrogens with zero attached hydrogens (tertiary/aromatic N) is 5. The molecular weight excluding hydrogens is 280 g/mol. The lowest BCUT2D eigenvalue weighted by Crippen LogP contribution is -2.41. The van der Waals surface area contributed by atoms with Crippen LogP contribution in [0.2, 0.25) is 0 Å². The van der Waals surface area contributed by atoms with Crippen molar-refractivity contribution < 1.29 is 4.79 Å². The van der Waals surface area contributed by atoms with Gasteiger partial charge < -0.3 is 20.1 Å². The third kappa shape index (κ3) is 3.15. The normalized spacial score (nSPS) is 19.9. The first kappa shape index (κ1) is 15.4. The maximum atomic E-state index is 11.7. The number of likely N-dealkylation sites (tertiary alicyclic amines) is 1. The molecule has 0 aromatic carbocycles. The molecular formula is C15H26N6O. The van der Waals surface area contributed by atoms with E-state index in [4.69, 9.17) is 5.73 Å². The number of hydrogen-bond acceptors (Lipinski definition) is 5. The number of carbonyl (C=O) groups excluding carboxylic acids is 1. The Morgan fingerprint density at radius 3 is 2.45 bits per heavy atom. The van der Waals surface area contributed by atoms with Gasteiger partial charge in [-0.05, 0) is 39.8 Å². The van der Waals surface area contributed by atoms with E-state index in [0.29, 0.717) is 12.0 Å². The van der Waals surface area contributed by atoms with E-state index in [-0.39, 0.29) is 12.5 Å². The molecule has 2 heterocycles. The first-order valence-corrected chi connectivity index (χ1v) is 8.16. The molecule has 1 saturated heterocycles. The van der Waals surface area contributed by atoms with Crippen LogP contribution in [0.25, 0.3) is 0 Å². The lowest BCUT2D eigenvalue weighted by molar-refractivity contribution is -0.130. The van der Waals surface area contributed by atoms with Gasteiger partial charge in [-0.2, -0.15) is 0 Å². The summed E-state index contributed by atoms with van der Waals surface area (Å²) in [6.45, 7) is 2.49. The summed E-state index contributed by atoms with van der Waals surface area (Å²) in [4.78, 5) is 15.7. The van der Waals surface area contributed by atoms with Gasteiger partial charge in [0, 0.05) is 25.0 Å². The fourth-order valence-corrected chi connectivity index (χ4v) is 3.25. The zero-order valence-corrected chi connectivity index (χ0v) is 13.5. The summed E-state index contributed by atoms with van der Waals surface area (Å²) in [6.07, 6.45) is 4.38. The van der Waals surface area contributed by atoms with Crippen molar-refractivity contribution in [1.29, 1.82) is 0 Å². The third-order valence-corrected chi connectivity index (χ3v) is 4.55. The Morgan fingerprint density at radius 2 is 1.91 bits per heavy atom. The van der Waals surface area contributed by atoms with E-state index < -0.39 is 0 Å². The Bertz CT molecular complexity index is 528. The van der Waals surface area contributed by atoms with E-state index in [1.165, 1.54) is 12.8 Å². The minimum atomic E-state index is 0.0513. The summed E-state index contributed by atoms with van der Waals surface area (Å²) in [7, 11) is 4.12. The highest BCUT2D eigenvalue weighted by atomic mass is 16.2. The van der Waals surface area contributed by atoms with E-state index in [1.807, 2.05) is 4.90 Å². The summed E-state index contributed by atoms with van der Waals surface area (Å²) in [5.41, 5.74) is 5.45. The second-order valence-corrected chi connectivity index (χ2v) is 6.67. The Kier molecular flexibility index (Phi) is 4.44. The van der Waals surface area contributed by atoms with Gasteiger partial charge in [0.15, 0.2) is 0 Å². The van der Waals surface area contributed by atoms with Crippen molar-refractivity contribution >= 4 is 5.91 Å². The van der Waals surface area contributed by atoms with E-state index in [1.54, 1.807) is 0 Å². The molecule has 0 spiro atoms. The van der Waals surface area contributed by atoms with Gasteiger partial charge in [0.05, 0.1) is 13.1 Å². The van der Waals surface area contributed by atoms with Crippen LogP contribution in [-0.2, 0) is 11.3 Å². The van der Waals surface area contributed by atoms with Crippen LogP contribution in [0.5, 0.6) is 0 Å². The van der Waals surface area contributed by atoms with Gasteiger partial charge in [-0.3, -0.25) is 4.79 Å². The van der Waals surface area contributed by atoms with E-state index in [9.17, 15) is 4.79 Å². The first-order valence-electron chi connectivity index (χ1n) is 8.16. The molecule has 1 saturated carbocycles. The molecule has 122 valence electrons. The number of aromatic nitrogens is 3. The molecule has 2 N–H and O–H groups in total. The molecule has 2 fully saturated rings. The zero-order chi connectivity index (χ0) is 15.7. The largest absolute Gasteiger partial charge is 0.342 e. The Labute approximate surface area is 131 Å². The van der Waals surface area contributed by atoms with Gasteiger partial charge in [-0.25, -0.2) is 0 Å². The Balaban J connectivity index is 1.73. The zero-order valence-electron chi connectivity index (χ0n) is 13.5. The van der Waals surface area contributed by atoms with Crippen LogP contribution < -0.4 is 5.73 Å². The molecule has 2 aliphatic rings.